The largest absolute Gasteiger partial charge is 0.573 e. The predicted octanol–water partition coefficient (Wildman–Crippen LogP) is 2.85. The number of hydrogen-bond acceptors (Lipinski definition) is 4. The average molecular weight is 413 g/mol. The van der Waals surface area contributed by atoms with Crippen LogP contribution in [0, 0.1) is 0 Å². The van der Waals surface area contributed by atoms with Gasteiger partial charge in [-0.3, -0.25) is 14.5 Å². The Morgan fingerprint density at radius 1 is 1.17 bits per heavy atom. The Bertz CT molecular complexity index is 774. The van der Waals surface area contributed by atoms with E-state index in [9.17, 15) is 27.6 Å². The summed E-state index contributed by atoms with van der Waals surface area (Å²) in [5.41, 5.74) is -0.133. The van der Waals surface area contributed by atoms with Crippen LogP contribution in [0.1, 0.15) is 44.1 Å². The molecular weight excluding hydrogens is 391 g/mol. The Hall–Kier alpha value is -2.78. The van der Waals surface area contributed by atoms with Crippen LogP contribution in [0.5, 0.6) is 5.75 Å². The summed E-state index contributed by atoms with van der Waals surface area (Å²) in [6.45, 7) is 0.320. The van der Waals surface area contributed by atoms with Crippen molar-refractivity contribution in [1.82, 2.24) is 15.5 Å². The second-order valence-corrected chi connectivity index (χ2v) is 7.25. The highest BCUT2D eigenvalue weighted by Gasteiger charge is 2.52. The number of hydrogen-bond donors (Lipinski definition) is 2. The third kappa shape index (κ3) is 5.18. The zero-order valence-electron chi connectivity index (χ0n) is 15.7. The predicted molar refractivity (Wildman–Crippen MR) is 95.6 cm³/mol. The first-order chi connectivity index (χ1) is 13.7. The van der Waals surface area contributed by atoms with Crippen molar-refractivity contribution in [1.29, 1.82) is 0 Å². The van der Waals surface area contributed by atoms with Crippen LogP contribution in [0.2, 0.25) is 0 Å². The van der Waals surface area contributed by atoms with Crippen molar-refractivity contribution in [3.8, 4) is 5.75 Å². The van der Waals surface area contributed by atoms with E-state index in [1.54, 1.807) is 0 Å². The Kier molecular flexibility index (Phi) is 5.99. The molecule has 29 heavy (non-hydrogen) atoms. The van der Waals surface area contributed by atoms with E-state index in [0.29, 0.717) is 24.8 Å². The number of carbonyl (C=O) groups excluding carboxylic acids is 3. The van der Waals surface area contributed by atoms with Crippen LogP contribution >= 0.6 is 0 Å². The van der Waals surface area contributed by atoms with Crippen molar-refractivity contribution in [3.63, 3.8) is 0 Å². The number of nitrogens with one attached hydrogen (secondary N) is 2. The fourth-order valence-electron chi connectivity index (χ4n) is 3.69. The Morgan fingerprint density at radius 3 is 2.45 bits per heavy atom. The molecule has 10 heteroatoms. The average Bonchev–Trinajstić information content (AvgIpc) is 3.20. The number of carbonyl (C=O) groups is 3. The summed E-state index contributed by atoms with van der Waals surface area (Å²) >= 11 is 0. The van der Waals surface area contributed by atoms with Crippen LogP contribution in [0.25, 0.3) is 0 Å². The molecule has 158 valence electrons. The van der Waals surface area contributed by atoms with Crippen LogP contribution in [-0.4, -0.2) is 41.2 Å². The molecule has 1 spiro atoms. The van der Waals surface area contributed by atoms with Gasteiger partial charge in [-0.05, 0) is 37.0 Å². The van der Waals surface area contributed by atoms with E-state index >= 15 is 0 Å². The second-order valence-electron chi connectivity index (χ2n) is 7.25. The van der Waals surface area contributed by atoms with Crippen molar-refractivity contribution in [3.05, 3.63) is 29.8 Å². The Labute approximate surface area is 165 Å². The molecule has 0 radical (unpaired) electrons. The monoisotopic (exact) mass is 413 g/mol. The second kappa shape index (κ2) is 8.30. The van der Waals surface area contributed by atoms with Gasteiger partial charge in [0.2, 0.25) is 5.91 Å². The van der Waals surface area contributed by atoms with Crippen molar-refractivity contribution in [2.24, 2.45) is 0 Å². The highest BCUT2D eigenvalue weighted by molar-refractivity contribution is 6.07. The summed E-state index contributed by atoms with van der Waals surface area (Å²) in [5.74, 6) is -0.814. The van der Waals surface area contributed by atoms with Gasteiger partial charge in [0.15, 0.2) is 0 Å². The standard InChI is InChI=1S/C19H22F3N3O4/c20-19(21,22)29-14-7-5-13(6-8-14)12-23-15(26)4-3-11-25-16(27)18(24-17(25)28)9-1-2-10-18/h5-8H,1-4,9-12H2,(H,23,26)(H,24,28). The highest BCUT2D eigenvalue weighted by atomic mass is 19.4. The van der Waals surface area contributed by atoms with Gasteiger partial charge in [0.1, 0.15) is 11.3 Å². The fourth-order valence-corrected chi connectivity index (χ4v) is 3.69. The lowest BCUT2D eigenvalue weighted by Gasteiger charge is -2.19. The van der Waals surface area contributed by atoms with Gasteiger partial charge < -0.3 is 15.4 Å². The lowest BCUT2D eigenvalue weighted by atomic mass is 9.98. The van der Waals surface area contributed by atoms with Gasteiger partial charge in [0, 0.05) is 19.5 Å². The number of nitrogens with zero attached hydrogens (tertiary/aromatic N) is 1. The van der Waals surface area contributed by atoms with Gasteiger partial charge in [-0.15, -0.1) is 13.2 Å². The molecule has 1 heterocycles. The maximum atomic E-state index is 12.5. The number of alkyl halides is 3. The molecule has 7 nitrogen and oxygen atoms in total. The van der Waals surface area contributed by atoms with E-state index in [2.05, 4.69) is 15.4 Å². The Balaban J connectivity index is 1.39. The highest BCUT2D eigenvalue weighted by Crippen LogP contribution is 2.35. The first kappa shape index (κ1) is 20.9. The summed E-state index contributed by atoms with van der Waals surface area (Å²) in [5, 5.41) is 5.45. The van der Waals surface area contributed by atoms with Crippen molar-refractivity contribution >= 4 is 17.8 Å². The molecule has 2 aliphatic rings. The zero-order valence-corrected chi connectivity index (χ0v) is 15.7. The lowest BCUT2D eigenvalue weighted by Crippen LogP contribution is -2.44. The molecule has 2 fully saturated rings. The van der Waals surface area contributed by atoms with E-state index in [0.717, 1.165) is 12.8 Å². The normalized spacial score (nSPS) is 18.2. The van der Waals surface area contributed by atoms with Gasteiger partial charge in [-0.2, -0.15) is 0 Å². The minimum Gasteiger partial charge on any atom is -0.406 e. The first-order valence-corrected chi connectivity index (χ1v) is 9.44. The molecule has 2 N–H and O–H groups in total. The van der Waals surface area contributed by atoms with Crippen molar-refractivity contribution in [2.75, 3.05) is 6.54 Å². The number of benzene rings is 1. The SMILES string of the molecule is O=C(CCCN1C(=O)NC2(CCCC2)C1=O)NCc1ccc(OC(F)(F)F)cc1. The molecule has 1 aliphatic heterocycles. The molecule has 0 atom stereocenters. The zero-order chi connectivity index (χ0) is 21.1. The molecule has 0 bridgehead atoms. The van der Waals surface area contributed by atoms with Gasteiger partial charge in [0.05, 0.1) is 0 Å². The lowest BCUT2D eigenvalue weighted by molar-refractivity contribution is -0.274. The fraction of sp³-hybridized carbons (Fsp3) is 0.526. The van der Waals surface area contributed by atoms with Crippen molar-refractivity contribution in [2.45, 2.75) is 57.0 Å². The molecule has 1 aromatic rings. The molecule has 1 saturated heterocycles. The van der Waals surface area contributed by atoms with Crippen LogP contribution in [0.15, 0.2) is 24.3 Å². The molecule has 0 unspecified atom stereocenters. The molecular formula is C19H22F3N3O4. The topological polar surface area (TPSA) is 87.7 Å². The summed E-state index contributed by atoms with van der Waals surface area (Å²) < 4.78 is 40.2. The summed E-state index contributed by atoms with van der Waals surface area (Å²) in [7, 11) is 0. The molecule has 0 aromatic heterocycles. The van der Waals surface area contributed by atoms with Crippen molar-refractivity contribution < 1.29 is 32.3 Å². The quantitative estimate of drug-likeness (QED) is 0.673. The number of urea groups is 1. The van der Waals surface area contributed by atoms with E-state index in [-0.39, 0.29) is 37.1 Å². The van der Waals surface area contributed by atoms with Crippen LogP contribution < -0.4 is 15.4 Å². The number of ether oxygens (including phenoxy) is 1. The number of imide groups is 1. The maximum Gasteiger partial charge on any atom is 0.573 e. The number of amides is 4. The van der Waals surface area contributed by atoms with Gasteiger partial charge in [-0.1, -0.05) is 25.0 Å². The third-order valence-electron chi connectivity index (χ3n) is 5.14. The summed E-state index contributed by atoms with van der Waals surface area (Å²) in [6.07, 6.45) is -1.17. The van der Waals surface area contributed by atoms with Crippen LogP contribution in [-0.2, 0) is 16.1 Å². The maximum absolute atomic E-state index is 12.5. The van der Waals surface area contributed by atoms with E-state index in [1.165, 1.54) is 29.2 Å². The molecule has 1 aliphatic carbocycles. The van der Waals surface area contributed by atoms with Gasteiger partial charge >= 0.3 is 12.4 Å². The van der Waals surface area contributed by atoms with E-state index < -0.39 is 17.9 Å². The summed E-state index contributed by atoms with van der Waals surface area (Å²) in [6, 6.07) is 4.79. The number of halogens is 3. The van der Waals surface area contributed by atoms with Gasteiger partial charge in [0.25, 0.3) is 5.91 Å². The minimum absolute atomic E-state index is 0.124. The minimum atomic E-state index is -4.75. The first-order valence-electron chi connectivity index (χ1n) is 9.44. The summed E-state index contributed by atoms with van der Waals surface area (Å²) in [4.78, 5) is 37.7. The van der Waals surface area contributed by atoms with Crippen LogP contribution in [0.4, 0.5) is 18.0 Å². The van der Waals surface area contributed by atoms with Gasteiger partial charge in [-0.25, -0.2) is 4.79 Å². The molecule has 3 rings (SSSR count). The smallest absolute Gasteiger partial charge is 0.406 e. The number of rotatable bonds is 7. The van der Waals surface area contributed by atoms with E-state index in [1.807, 2.05) is 0 Å². The molecule has 1 saturated carbocycles. The van der Waals surface area contributed by atoms with E-state index in [4.69, 9.17) is 0 Å². The molecule has 1 aromatic carbocycles. The van der Waals surface area contributed by atoms with Crippen LogP contribution in [0.3, 0.4) is 0 Å². The Morgan fingerprint density at radius 2 is 1.83 bits per heavy atom. The third-order valence-corrected chi connectivity index (χ3v) is 5.14. The molecule has 4 amide bonds.